The van der Waals surface area contributed by atoms with E-state index in [2.05, 4.69) is 53.2 Å². The van der Waals surface area contributed by atoms with Crippen molar-refractivity contribution in [3.8, 4) is 22.9 Å². The van der Waals surface area contributed by atoms with Gasteiger partial charge in [-0.3, -0.25) is 0 Å². The lowest BCUT2D eigenvalue weighted by Crippen LogP contribution is -2.21. The zero-order chi connectivity index (χ0) is 20.8. The molecule has 0 unspecified atom stereocenters. The molecule has 29 heavy (non-hydrogen) atoms. The summed E-state index contributed by atoms with van der Waals surface area (Å²) in [5, 5.41) is 9.66. The van der Waals surface area contributed by atoms with Crippen LogP contribution in [0, 0.1) is 0 Å². The van der Waals surface area contributed by atoms with Crippen molar-refractivity contribution < 1.29 is 9.47 Å². The first-order valence-electron chi connectivity index (χ1n) is 9.69. The Bertz CT molecular complexity index is 936. The number of thioether (sulfide) groups is 1. The zero-order valence-corrected chi connectivity index (χ0v) is 18.5. The highest BCUT2D eigenvalue weighted by Gasteiger charge is 2.14. The normalized spacial score (nSPS) is 10.8. The van der Waals surface area contributed by atoms with Gasteiger partial charge >= 0.3 is 0 Å². The molecule has 154 valence electrons. The number of nitrogens with zero attached hydrogens (tertiary/aromatic N) is 4. The highest BCUT2D eigenvalue weighted by Crippen LogP contribution is 2.31. The molecular weight excluding hydrogens is 384 g/mol. The third-order valence-electron chi connectivity index (χ3n) is 4.93. The first kappa shape index (κ1) is 21.0. The maximum Gasteiger partial charge on any atom is 0.191 e. The average Bonchev–Trinajstić information content (AvgIpc) is 3.13. The summed E-state index contributed by atoms with van der Waals surface area (Å²) < 4.78 is 12.8. The number of aromatic nitrogens is 3. The molecule has 7 heteroatoms. The number of hydrogen-bond donors (Lipinski definition) is 0. The molecule has 3 aromatic rings. The summed E-state index contributed by atoms with van der Waals surface area (Å²) in [5.41, 5.74) is 3.34. The highest BCUT2D eigenvalue weighted by atomic mass is 32.2. The van der Waals surface area contributed by atoms with Gasteiger partial charge in [0, 0.05) is 42.7 Å². The lowest BCUT2D eigenvalue weighted by atomic mass is 10.2. The fourth-order valence-corrected chi connectivity index (χ4v) is 4.13. The standard InChI is InChI=1S/C22H28N4O2S/c1-6-26(7-2)18-10-8-16(9-11-18)21-23-24-22(25(21)3)29-15-17-14-19(27-4)12-13-20(17)28-5/h8-14H,6-7,15H2,1-5H3. The van der Waals surface area contributed by atoms with Gasteiger partial charge in [-0.1, -0.05) is 11.8 Å². The number of methoxy groups -OCH3 is 2. The van der Waals surface area contributed by atoms with Gasteiger partial charge in [-0.05, 0) is 56.3 Å². The molecule has 0 saturated carbocycles. The van der Waals surface area contributed by atoms with Crippen molar-refractivity contribution in [1.29, 1.82) is 0 Å². The van der Waals surface area contributed by atoms with Gasteiger partial charge in [0.25, 0.3) is 0 Å². The Morgan fingerprint density at radius 1 is 0.966 bits per heavy atom. The zero-order valence-electron chi connectivity index (χ0n) is 17.7. The molecule has 0 radical (unpaired) electrons. The second-order valence-corrected chi connectivity index (χ2v) is 7.49. The molecule has 0 N–H and O–H groups in total. The molecule has 0 atom stereocenters. The van der Waals surface area contributed by atoms with E-state index in [0.717, 1.165) is 46.7 Å². The molecular formula is C22H28N4O2S. The smallest absolute Gasteiger partial charge is 0.191 e. The van der Waals surface area contributed by atoms with Gasteiger partial charge in [-0.15, -0.1) is 10.2 Å². The minimum absolute atomic E-state index is 0.716. The van der Waals surface area contributed by atoms with E-state index in [9.17, 15) is 0 Å². The van der Waals surface area contributed by atoms with Crippen LogP contribution >= 0.6 is 11.8 Å². The molecule has 0 saturated heterocycles. The van der Waals surface area contributed by atoms with Crippen molar-refractivity contribution in [2.45, 2.75) is 24.8 Å². The van der Waals surface area contributed by atoms with E-state index in [1.807, 2.05) is 29.8 Å². The monoisotopic (exact) mass is 412 g/mol. The van der Waals surface area contributed by atoms with Gasteiger partial charge in [0.15, 0.2) is 11.0 Å². The van der Waals surface area contributed by atoms with Gasteiger partial charge in [-0.2, -0.15) is 0 Å². The predicted molar refractivity (Wildman–Crippen MR) is 119 cm³/mol. The summed E-state index contributed by atoms with van der Waals surface area (Å²) in [5.74, 6) is 3.23. The SMILES string of the molecule is CCN(CC)c1ccc(-c2nnc(SCc3cc(OC)ccc3OC)n2C)cc1. The van der Waals surface area contributed by atoms with E-state index in [0.29, 0.717) is 5.75 Å². The third-order valence-corrected chi connectivity index (χ3v) is 6.00. The van der Waals surface area contributed by atoms with E-state index in [4.69, 9.17) is 9.47 Å². The van der Waals surface area contributed by atoms with E-state index < -0.39 is 0 Å². The summed E-state index contributed by atoms with van der Waals surface area (Å²) in [6, 6.07) is 14.3. The molecule has 0 aliphatic carbocycles. The minimum atomic E-state index is 0.716. The number of benzene rings is 2. The van der Waals surface area contributed by atoms with E-state index in [1.54, 1.807) is 26.0 Å². The molecule has 3 rings (SSSR count). The van der Waals surface area contributed by atoms with Crippen LogP contribution in [0.5, 0.6) is 11.5 Å². The van der Waals surface area contributed by atoms with Gasteiger partial charge in [-0.25, -0.2) is 0 Å². The molecule has 0 fully saturated rings. The molecule has 2 aromatic carbocycles. The lowest BCUT2D eigenvalue weighted by molar-refractivity contribution is 0.400. The van der Waals surface area contributed by atoms with Crippen LogP contribution in [0.2, 0.25) is 0 Å². The number of anilines is 1. The number of hydrogen-bond acceptors (Lipinski definition) is 6. The Labute approximate surface area is 176 Å². The molecule has 1 heterocycles. The molecule has 0 aliphatic heterocycles. The molecule has 0 amide bonds. The summed E-state index contributed by atoms with van der Waals surface area (Å²) in [7, 11) is 5.34. The molecule has 0 bridgehead atoms. The van der Waals surface area contributed by atoms with Crippen LogP contribution in [-0.4, -0.2) is 42.1 Å². The molecule has 1 aromatic heterocycles. The van der Waals surface area contributed by atoms with Crippen LogP contribution in [0.15, 0.2) is 47.6 Å². The quantitative estimate of drug-likeness (QED) is 0.477. The van der Waals surface area contributed by atoms with E-state index in [-0.39, 0.29) is 0 Å². The Hall–Kier alpha value is -2.67. The Kier molecular flexibility index (Phi) is 7.04. The minimum Gasteiger partial charge on any atom is -0.497 e. The molecule has 0 spiro atoms. The summed E-state index contributed by atoms with van der Waals surface area (Å²) in [4.78, 5) is 2.32. The summed E-state index contributed by atoms with van der Waals surface area (Å²) in [6.07, 6.45) is 0. The Morgan fingerprint density at radius 2 is 1.69 bits per heavy atom. The van der Waals surface area contributed by atoms with Gasteiger partial charge in [0.05, 0.1) is 14.2 Å². The van der Waals surface area contributed by atoms with Crippen LogP contribution < -0.4 is 14.4 Å². The van der Waals surface area contributed by atoms with Crippen molar-refractivity contribution in [1.82, 2.24) is 14.8 Å². The second-order valence-electron chi connectivity index (χ2n) is 6.55. The van der Waals surface area contributed by atoms with Crippen LogP contribution in [0.1, 0.15) is 19.4 Å². The van der Waals surface area contributed by atoms with Crippen LogP contribution in [0.3, 0.4) is 0 Å². The number of rotatable bonds is 9. The van der Waals surface area contributed by atoms with Crippen molar-refractivity contribution in [3.05, 3.63) is 48.0 Å². The predicted octanol–water partition coefficient (Wildman–Crippen LogP) is 4.64. The molecule has 0 aliphatic rings. The van der Waals surface area contributed by atoms with E-state index >= 15 is 0 Å². The third kappa shape index (κ3) is 4.67. The maximum atomic E-state index is 5.47. The largest absolute Gasteiger partial charge is 0.497 e. The Morgan fingerprint density at radius 3 is 2.31 bits per heavy atom. The van der Waals surface area contributed by atoms with Crippen molar-refractivity contribution in [2.24, 2.45) is 7.05 Å². The topological polar surface area (TPSA) is 52.4 Å². The second kappa shape index (κ2) is 9.69. The first-order valence-corrected chi connectivity index (χ1v) is 10.7. The van der Waals surface area contributed by atoms with Crippen molar-refractivity contribution in [3.63, 3.8) is 0 Å². The van der Waals surface area contributed by atoms with Crippen molar-refractivity contribution >= 4 is 17.4 Å². The fraction of sp³-hybridized carbons (Fsp3) is 0.364. The highest BCUT2D eigenvalue weighted by molar-refractivity contribution is 7.98. The summed E-state index contributed by atoms with van der Waals surface area (Å²) in [6.45, 7) is 6.32. The van der Waals surface area contributed by atoms with Gasteiger partial charge in [0.1, 0.15) is 11.5 Å². The van der Waals surface area contributed by atoms with Crippen molar-refractivity contribution in [2.75, 3.05) is 32.2 Å². The van der Waals surface area contributed by atoms with E-state index in [1.165, 1.54) is 5.69 Å². The van der Waals surface area contributed by atoms with Crippen LogP contribution in [0.25, 0.3) is 11.4 Å². The fourth-order valence-electron chi connectivity index (χ4n) is 3.24. The number of ether oxygens (including phenoxy) is 2. The van der Waals surface area contributed by atoms with Gasteiger partial charge in [0.2, 0.25) is 0 Å². The first-order chi connectivity index (χ1) is 14.1. The van der Waals surface area contributed by atoms with Gasteiger partial charge < -0.3 is 18.9 Å². The van der Waals surface area contributed by atoms with Crippen LogP contribution in [-0.2, 0) is 12.8 Å². The maximum absolute atomic E-state index is 5.47. The van der Waals surface area contributed by atoms with Crippen LogP contribution in [0.4, 0.5) is 5.69 Å². The average molecular weight is 413 g/mol. The lowest BCUT2D eigenvalue weighted by Gasteiger charge is -2.21. The summed E-state index contributed by atoms with van der Waals surface area (Å²) >= 11 is 1.63. The molecule has 6 nitrogen and oxygen atoms in total. The Balaban J connectivity index is 1.76.